The summed E-state index contributed by atoms with van der Waals surface area (Å²) >= 11 is 0. The second-order valence-electron chi connectivity index (χ2n) is 4.31. The predicted molar refractivity (Wildman–Crippen MR) is 73.9 cm³/mol. The van der Waals surface area contributed by atoms with Crippen LogP contribution in [0, 0.1) is 0 Å². The molecule has 7 nitrogen and oxygen atoms in total. The number of sulfonamides is 1. The third kappa shape index (κ3) is 4.19. The highest BCUT2D eigenvalue weighted by Gasteiger charge is 2.22. The van der Waals surface area contributed by atoms with E-state index in [0.717, 1.165) is 12.1 Å². The van der Waals surface area contributed by atoms with Crippen LogP contribution in [0.2, 0.25) is 0 Å². The maximum atomic E-state index is 12.1. The van der Waals surface area contributed by atoms with Gasteiger partial charge in [-0.15, -0.1) is 0 Å². The van der Waals surface area contributed by atoms with Crippen LogP contribution in [0.3, 0.4) is 0 Å². The average Bonchev–Trinajstić information content (AvgIpc) is 2.37. The lowest BCUT2D eigenvalue weighted by Crippen LogP contribution is -2.28. The number of benzene rings is 1. The molecular weight excluding hydrogens is 284 g/mol. The summed E-state index contributed by atoms with van der Waals surface area (Å²) in [5.74, 6) is -1.35. The predicted octanol–water partition coefficient (Wildman–Crippen LogP) is 0.406. The molecule has 20 heavy (non-hydrogen) atoms. The summed E-state index contributed by atoms with van der Waals surface area (Å²) in [7, 11) is -3.98. The van der Waals surface area contributed by atoms with Crippen LogP contribution in [0.4, 0.5) is 5.69 Å². The minimum Gasteiger partial charge on any atom is -0.478 e. The Hall–Kier alpha value is -1.64. The fourth-order valence-electron chi connectivity index (χ4n) is 1.58. The van der Waals surface area contributed by atoms with Gasteiger partial charge >= 0.3 is 5.97 Å². The second kappa shape index (κ2) is 6.69. The van der Waals surface area contributed by atoms with Gasteiger partial charge in [0.15, 0.2) is 0 Å². The molecule has 1 unspecified atom stereocenters. The molecule has 0 aliphatic heterocycles. The molecule has 0 aromatic heterocycles. The Bertz CT molecular complexity index is 586. The lowest BCUT2D eigenvalue weighted by Gasteiger charge is -2.11. The van der Waals surface area contributed by atoms with Gasteiger partial charge in [0.2, 0.25) is 10.0 Å². The summed E-state index contributed by atoms with van der Waals surface area (Å²) < 4.78 is 26.4. The van der Waals surface area contributed by atoms with Crippen molar-refractivity contribution in [3.8, 4) is 0 Å². The summed E-state index contributed by atoms with van der Waals surface area (Å²) in [6, 6.07) is 3.57. The first-order valence-electron chi connectivity index (χ1n) is 6.08. The van der Waals surface area contributed by atoms with Crippen molar-refractivity contribution in [3.63, 3.8) is 0 Å². The fraction of sp³-hybridized carbons (Fsp3) is 0.417. The van der Waals surface area contributed by atoms with E-state index < -0.39 is 22.1 Å². The van der Waals surface area contributed by atoms with E-state index in [4.69, 9.17) is 10.8 Å². The van der Waals surface area contributed by atoms with E-state index in [1.807, 2.05) is 0 Å². The highest BCUT2D eigenvalue weighted by Crippen LogP contribution is 2.19. The van der Waals surface area contributed by atoms with E-state index >= 15 is 0 Å². The molecule has 0 amide bonds. The van der Waals surface area contributed by atoms with E-state index in [1.54, 1.807) is 6.92 Å². The van der Waals surface area contributed by atoms with Crippen molar-refractivity contribution in [2.24, 2.45) is 0 Å². The van der Waals surface area contributed by atoms with Crippen molar-refractivity contribution >= 4 is 21.7 Å². The maximum Gasteiger partial charge on any atom is 0.337 e. The number of nitrogens with one attached hydrogen (secondary N) is 1. The molecule has 0 heterocycles. The molecular formula is C12H18N2O5S. The zero-order valence-corrected chi connectivity index (χ0v) is 11.9. The molecule has 1 aromatic carbocycles. The van der Waals surface area contributed by atoms with Gasteiger partial charge in [0.25, 0.3) is 0 Å². The number of carboxylic acid groups (broad SMARTS) is 1. The van der Waals surface area contributed by atoms with Crippen LogP contribution >= 0.6 is 0 Å². The zero-order valence-electron chi connectivity index (χ0n) is 11.0. The second-order valence-corrected chi connectivity index (χ2v) is 6.04. The topological polar surface area (TPSA) is 130 Å². The first-order chi connectivity index (χ1) is 9.27. The maximum absolute atomic E-state index is 12.1. The van der Waals surface area contributed by atoms with E-state index in [-0.39, 0.29) is 29.1 Å². The van der Waals surface area contributed by atoms with Crippen LogP contribution in [0.1, 0.15) is 30.1 Å². The van der Waals surface area contributed by atoms with Gasteiger partial charge in [-0.25, -0.2) is 17.9 Å². The first kappa shape index (κ1) is 16.4. The number of hydrogen-bond donors (Lipinski definition) is 4. The lowest BCUT2D eigenvalue weighted by atomic mass is 10.2. The number of anilines is 1. The van der Waals surface area contributed by atoms with Crippen molar-refractivity contribution in [1.82, 2.24) is 4.72 Å². The molecule has 1 rings (SSSR count). The first-order valence-corrected chi connectivity index (χ1v) is 7.56. The van der Waals surface area contributed by atoms with Gasteiger partial charge in [-0.2, -0.15) is 0 Å². The van der Waals surface area contributed by atoms with Crippen molar-refractivity contribution < 1.29 is 23.4 Å². The summed E-state index contributed by atoms with van der Waals surface area (Å²) in [5.41, 5.74) is 5.31. The van der Waals surface area contributed by atoms with Crippen LogP contribution in [-0.2, 0) is 10.0 Å². The molecule has 1 atom stereocenters. The summed E-state index contributed by atoms with van der Waals surface area (Å²) in [6.45, 7) is 1.80. The Morgan fingerprint density at radius 2 is 2.10 bits per heavy atom. The molecule has 0 fully saturated rings. The number of aliphatic hydroxyl groups is 1. The quantitative estimate of drug-likeness (QED) is 0.540. The molecule has 0 saturated carbocycles. The summed E-state index contributed by atoms with van der Waals surface area (Å²) in [6.07, 6.45) is 0.165. The highest BCUT2D eigenvalue weighted by atomic mass is 32.2. The minimum absolute atomic E-state index is 0.0190. The molecule has 5 N–H and O–H groups in total. The molecule has 0 bridgehead atoms. The summed E-state index contributed by atoms with van der Waals surface area (Å²) in [5, 5.41) is 18.4. The van der Waals surface area contributed by atoms with Crippen molar-refractivity contribution in [1.29, 1.82) is 0 Å². The van der Waals surface area contributed by atoms with E-state index in [2.05, 4.69) is 4.72 Å². The molecule has 0 aliphatic carbocycles. The number of carbonyl (C=O) groups is 1. The normalized spacial score (nSPS) is 13.1. The van der Waals surface area contributed by atoms with Crippen LogP contribution in [0.15, 0.2) is 23.1 Å². The zero-order chi connectivity index (χ0) is 15.3. The Morgan fingerprint density at radius 1 is 1.45 bits per heavy atom. The molecule has 0 saturated heterocycles. The van der Waals surface area contributed by atoms with Gasteiger partial charge in [0.1, 0.15) is 0 Å². The number of carboxylic acids is 1. The van der Waals surface area contributed by atoms with Crippen LogP contribution < -0.4 is 10.5 Å². The van der Waals surface area contributed by atoms with Crippen LogP contribution in [-0.4, -0.2) is 37.2 Å². The highest BCUT2D eigenvalue weighted by molar-refractivity contribution is 7.89. The standard InChI is InChI=1S/C12H18N2O5S/c1-2-9(15)5-6-14-20(18,19)11-7-8(13)3-4-10(11)12(16)17/h3-4,7,9,14-15H,2,5-6,13H2,1H3,(H,16,17). The van der Waals surface area contributed by atoms with Gasteiger partial charge in [-0.1, -0.05) is 6.92 Å². The SMILES string of the molecule is CCC(O)CCNS(=O)(=O)c1cc(N)ccc1C(=O)O. The average molecular weight is 302 g/mol. The molecule has 0 spiro atoms. The Labute approximate surface area is 117 Å². The van der Waals surface area contributed by atoms with Crippen molar-refractivity contribution in [2.75, 3.05) is 12.3 Å². The number of aliphatic hydroxyl groups excluding tert-OH is 1. The minimum atomic E-state index is -3.98. The van der Waals surface area contributed by atoms with Gasteiger partial charge in [-0.05, 0) is 31.0 Å². The van der Waals surface area contributed by atoms with E-state index in [9.17, 15) is 18.3 Å². The number of rotatable bonds is 7. The number of nitrogens with two attached hydrogens (primary N) is 1. The van der Waals surface area contributed by atoms with E-state index in [1.165, 1.54) is 6.07 Å². The Kier molecular flexibility index (Phi) is 5.49. The molecule has 8 heteroatoms. The smallest absolute Gasteiger partial charge is 0.337 e. The Balaban J connectivity index is 2.97. The molecule has 112 valence electrons. The van der Waals surface area contributed by atoms with Gasteiger partial charge in [0.05, 0.1) is 16.6 Å². The fourth-order valence-corrected chi connectivity index (χ4v) is 2.86. The largest absolute Gasteiger partial charge is 0.478 e. The third-order valence-corrected chi connectivity index (χ3v) is 4.27. The van der Waals surface area contributed by atoms with Crippen LogP contribution in [0.25, 0.3) is 0 Å². The Morgan fingerprint density at radius 3 is 2.65 bits per heavy atom. The summed E-state index contributed by atoms with van der Waals surface area (Å²) in [4.78, 5) is 10.7. The number of hydrogen-bond acceptors (Lipinski definition) is 5. The van der Waals surface area contributed by atoms with Gasteiger partial charge in [-0.3, -0.25) is 0 Å². The lowest BCUT2D eigenvalue weighted by molar-refractivity contribution is 0.0692. The van der Waals surface area contributed by atoms with Gasteiger partial charge < -0.3 is 15.9 Å². The third-order valence-electron chi connectivity index (χ3n) is 2.77. The van der Waals surface area contributed by atoms with Gasteiger partial charge in [0, 0.05) is 12.2 Å². The van der Waals surface area contributed by atoms with E-state index in [0.29, 0.717) is 6.42 Å². The monoisotopic (exact) mass is 302 g/mol. The number of aromatic carboxylic acids is 1. The molecule has 0 aliphatic rings. The van der Waals surface area contributed by atoms with Crippen molar-refractivity contribution in [3.05, 3.63) is 23.8 Å². The molecule has 0 radical (unpaired) electrons. The number of nitrogen functional groups attached to an aromatic ring is 1. The van der Waals surface area contributed by atoms with Crippen LogP contribution in [0.5, 0.6) is 0 Å². The van der Waals surface area contributed by atoms with Crippen molar-refractivity contribution in [2.45, 2.75) is 30.8 Å². The molecule has 1 aromatic rings.